The number of carbonyl (C=O) groups is 2. The molecule has 148 valence electrons. The van der Waals surface area contributed by atoms with Crippen molar-refractivity contribution in [1.82, 2.24) is 30.0 Å². The lowest BCUT2D eigenvalue weighted by Crippen LogP contribution is -2.34. The summed E-state index contributed by atoms with van der Waals surface area (Å²) in [5, 5.41) is 7.82. The fraction of sp³-hybridized carbons (Fsp3) is 0.211. The molecule has 0 aliphatic heterocycles. The monoisotopic (exact) mass is 395 g/mol. The summed E-state index contributed by atoms with van der Waals surface area (Å²) >= 11 is 0. The first-order valence-electron chi connectivity index (χ1n) is 8.89. The molecule has 9 nitrogen and oxygen atoms in total. The molecule has 29 heavy (non-hydrogen) atoms. The number of rotatable bonds is 5. The zero-order valence-corrected chi connectivity index (χ0v) is 15.7. The van der Waals surface area contributed by atoms with Gasteiger partial charge in [0.2, 0.25) is 5.91 Å². The summed E-state index contributed by atoms with van der Waals surface area (Å²) in [6.45, 7) is 1.75. The van der Waals surface area contributed by atoms with Crippen molar-refractivity contribution in [2.75, 3.05) is 6.54 Å². The highest BCUT2D eigenvalue weighted by Gasteiger charge is 2.19. The van der Waals surface area contributed by atoms with Crippen LogP contribution in [0.25, 0.3) is 33.5 Å². The number of amides is 2. The van der Waals surface area contributed by atoms with Gasteiger partial charge in [0.1, 0.15) is 22.7 Å². The van der Waals surface area contributed by atoms with Crippen molar-refractivity contribution in [3.05, 3.63) is 42.0 Å². The SMILES string of the molecule is C[C@H](CNC(=O)c1c[nH]c2ncc(-c3nn(C)c4cc(F)ccc34)nc12)C(N)=O. The lowest BCUT2D eigenvalue weighted by atomic mass is 10.1. The second-order valence-corrected chi connectivity index (χ2v) is 6.80. The van der Waals surface area contributed by atoms with Gasteiger partial charge in [0, 0.05) is 25.2 Å². The van der Waals surface area contributed by atoms with Gasteiger partial charge in [0.25, 0.3) is 5.91 Å². The van der Waals surface area contributed by atoms with E-state index in [2.05, 4.69) is 25.4 Å². The third-order valence-electron chi connectivity index (χ3n) is 4.74. The number of benzene rings is 1. The lowest BCUT2D eigenvalue weighted by Gasteiger charge is -2.08. The number of hydrogen-bond acceptors (Lipinski definition) is 5. The van der Waals surface area contributed by atoms with Gasteiger partial charge in [-0.1, -0.05) is 6.92 Å². The maximum absolute atomic E-state index is 13.6. The summed E-state index contributed by atoms with van der Waals surface area (Å²) in [7, 11) is 1.71. The number of aromatic amines is 1. The molecular weight excluding hydrogens is 377 g/mol. The van der Waals surface area contributed by atoms with Gasteiger partial charge in [-0.2, -0.15) is 5.10 Å². The van der Waals surface area contributed by atoms with Crippen molar-refractivity contribution in [2.45, 2.75) is 6.92 Å². The molecule has 0 aliphatic carbocycles. The second kappa shape index (κ2) is 6.97. The number of H-pyrrole nitrogens is 1. The van der Waals surface area contributed by atoms with Crippen LogP contribution in [0.1, 0.15) is 17.3 Å². The molecule has 0 aliphatic rings. The summed E-state index contributed by atoms with van der Waals surface area (Å²) in [5.41, 5.74) is 7.92. The fourth-order valence-electron chi connectivity index (χ4n) is 3.04. The molecule has 0 unspecified atom stereocenters. The van der Waals surface area contributed by atoms with Crippen LogP contribution in [-0.4, -0.2) is 43.1 Å². The normalized spacial score (nSPS) is 12.4. The molecule has 4 aromatic rings. The van der Waals surface area contributed by atoms with Crippen LogP contribution in [-0.2, 0) is 11.8 Å². The van der Waals surface area contributed by atoms with Gasteiger partial charge >= 0.3 is 0 Å². The van der Waals surface area contributed by atoms with Gasteiger partial charge < -0.3 is 16.0 Å². The quantitative estimate of drug-likeness (QED) is 0.471. The van der Waals surface area contributed by atoms with E-state index in [9.17, 15) is 14.0 Å². The first kappa shape index (κ1) is 18.5. The van der Waals surface area contributed by atoms with Crippen molar-refractivity contribution in [1.29, 1.82) is 0 Å². The van der Waals surface area contributed by atoms with E-state index in [1.807, 2.05) is 0 Å². The van der Waals surface area contributed by atoms with Crippen LogP contribution in [0.2, 0.25) is 0 Å². The summed E-state index contributed by atoms with van der Waals surface area (Å²) < 4.78 is 15.1. The molecule has 2 amide bonds. The maximum Gasteiger partial charge on any atom is 0.255 e. The molecule has 0 spiro atoms. The van der Waals surface area contributed by atoms with Crippen molar-refractivity contribution < 1.29 is 14.0 Å². The minimum atomic E-state index is -0.496. The molecule has 4 N–H and O–H groups in total. The van der Waals surface area contributed by atoms with E-state index in [-0.39, 0.29) is 17.9 Å². The summed E-state index contributed by atoms with van der Waals surface area (Å²) in [4.78, 5) is 35.5. The van der Waals surface area contributed by atoms with Crippen molar-refractivity contribution in [3.63, 3.8) is 0 Å². The molecule has 3 heterocycles. The van der Waals surface area contributed by atoms with Gasteiger partial charge in [-0.3, -0.25) is 14.3 Å². The Bertz CT molecular complexity index is 1260. The van der Waals surface area contributed by atoms with Gasteiger partial charge in [-0.25, -0.2) is 14.4 Å². The molecule has 0 saturated heterocycles. The fourth-order valence-corrected chi connectivity index (χ4v) is 3.04. The Labute approximate surface area is 164 Å². The van der Waals surface area contributed by atoms with Crippen molar-refractivity contribution >= 4 is 33.9 Å². The average molecular weight is 395 g/mol. The largest absolute Gasteiger partial charge is 0.369 e. The molecule has 1 aromatic carbocycles. The van der Waals surface area contributed by atoms with E-state index in [1.165, 1.54) is 18.3 Å². The average Bonchev–Trinajstić information content (AvgIpc) is 3.26. The molecule has 0 radical (unpaired) electrons. The number of hydrogen-bond donors (Lipinski definition) is 3. The minimum absolute atomic E-state index is 0.115. The van der Waals surface area contributed by atoms with Crippen LogP contribution >= 0.6 is 0 Å². The summed E-state index contributed by atoms with van der Waals surface area (Å²) in [5.74, 6) is -1.75. The molecule has 3 aromatic heterocycles. The standard InChI is InChI=1S/C19H18FN7O2/c1-9(17(21)28)6-24-19(29)12-7-22-18-16(12)25-13(8-23-18)15-11-4-3-10(20)5-14(11)27(2)26-15/h3-5,7-9H,6H2,1-2H3,(H2,21,28)(H,22,23)(H,24,29)/t9-/m1/s1. The molecule has 10 heteroatoms. The van der Waals surface area contributed by atoms with Crippen LogP contribution in [0.3, 0.4) is 0 Å². The first-order valence-corrected chi connectivity index (χ1v) is 8.89. The number of nitrogens with zero attached hydrogens (tertiary/aromatic N) is 4. The van der Waals surface area contributed by atoms with E-state index in [1.54, 1.807) is 30.9 Å². The molecule has 0 bridgehead atoms. The van der Waals surface area contributed by atoms with Crippen LogP contribution in [0.15, 0.2) is 30.6 Å². The molecule has 4 rings (SSSR count). The van der Waals surface area contributed by atoms with Gasteiger partial charge in [0.05, 0.1) is 23.2 Å². The number of aryl methyl sites for hydroxylation is 1. The van der Waals surface area contributed by atoms with Crippen LogP contribution in [0.5, 0.6) is 0 Å². The Morgan fingerprint density at radius 1 is 1.38 bits per heavy atom. The number of primary amides is 1. The lowest BCUT2D eigenvalue weighted by molar-refractivity contribution is -0.121. The maximum atomic E-state index is 13.6. The highest BCUT2D eigenvalue weighted by Crippen LogP contribution is 2.28. The van der Waals surface area contributed by atoms with Crippen LogP contribution in [0.4, 0.5) is 4.39 Å². The number of halogens is 1. The predicted molar refractivity (Wildman–Crippen MR) is 104 cm³/mol. The first-order chi connectivity index (χ1) is 13.8. The number of nitrogens with two attached hydrogens (primary N) is 1. The minimum Gasteiger partial charge on any atom is -0.369 e. The van der Waals surface area contributed by atoms with E-state index in [0.29, 0.717) is 28.1 Å². The molecule has 0 fully saturated rings. The highest BCUT2D eigenvalue weighted by molar-refractivity contribution is 6.05. The van der Waals surface area contributed by atoms with Crippen molar-refractivity contribution in [2.24, 2.45) is 18.7 Å². The number of fused-ring (bicyclic) bond motifs is 2. The number of aromatic nitrogens is 5. The Kier molecular flexibility index (Phi) is 4.45. The molecular formula is C19H18FN7O2. The second-order valence-electron chi connectivity index (χ2n) is 6.80. The predicted octanol–water partition coefficient (Wildman–Crippen LogP) is 1.50. The Morgan fingerprint density at radius 2 is 2.17 bits per heavy atom. The van der Waals surface area contributed by atoms with E-state index >= 15 is 0 Å². The third kappa shape index (κ3) is 3.28. The number of nitrogens with one attached hydrogen (secondary N) is 2. The van der Waals surface area contributed by atoms with Crippen molar-refractivity contribution in [3.8, 4) is 11.4 Å². The zero-order valence-electron chi connectivity index (χ0n) is 15.7. The Morgan fingerprint density at radius 3 is 2.93 bits per heavy atom. The Hall–Kier alpha value is -3.82. The van der Waals surface area contributed by atoms with E-state index < -0.39 is 17.7 Å². The smallest absolute Gasteiger partial charge is 0.255 e. The van der Waals surface area contributed by atoms with Gasteiger partial charge in [-0.05, 0) is 18.2 Å². The van der Waals surface area contributed by atoms with Crippen LogP contribution in [0, 0.1) is 11.7 Å². The van der Waals surface area contributed by atoms with E-state index in [0.717, 1.165) is 5.39 Å². The summed E-state index contributed by atoms with van der Waals surface area (Å²) in [6, 6.07) is 4.39. The topological polar surface area (TPSA) is 132 Å². The number of carbonyl (C=O) groups excluding carboxylic acids is 2. The third-order valence-corrected chi connectivity index (χ3v) is 4.74. The zero-order chi connectivity index (χ0) is 20.7. The van der Waals surface area contributed by atoms with Crippen LogP contribution < -0.4 is 11.1 Å². The molecule has 0 saturated carbocycles. The van der Waals surface area contributed by atoms with E-state index in [4.69, 9.17) is 5.73 Å². The van der Waals surface area contributed by atoms with Gasteiger partial charge in [-0.15, -0.1) is 0 Å². The Balaban J connectivity index is 1.73. The molecule has 1 atom stereocenters. The highest BCUT2D eigenvalue weighted by atomic mass is 19.1. The summed E-state index contributed by atoms with van der Waals surface area (Å²) in [6.07, 6.45) is 3.05. The van der Waals surface area contributed by atoms with Gasteiger partial charge in [0.15, 0.2) is 5.65 Å².